The van der Waals surface area contributed by atoms with Crippen LogP contribution in [0.25, 0.3) is 0 Å². The molecule has 3 rings (SSSR count). The van der Waals surface area contributed by atoms with E-state index in [2.05, 4.69) is 0 Å². The van der Waals surface area contributed by atoms with Crippen molar-refractivity contribution in [1.29, 1.82) is 0 Å². The fourth-order valence-electron chi connectivity index (χ4n) is 4.28. The monoisotopic (exact) mass is 884 g/mol. The van der Waals surface area contributed by atoms with Crippen LogP contribution in [0.15, 0.2) is 87.5 Å². The second-order valence-electron chi connectivity index (χ2n) is 15.3. The van der Waals surface area contributed by atoms with Crippen LogP contribution >= 0.6 is 0 Å². The maximum Gasteiger partial charge on any atom is 0.426 e. The van der Waals surface area contributed by atoms with Gasteiger partial charge in [-0.05, 0) is 135 Å². The van der Waals surface area contributed by atoms with Crippen LogP contribution in [-0.4, -0.2) is 85.1 Å². The number of alkyl halides is 6. The molecule has 0 fully saturated rings. The zero-order valence-electron chi connectivity index (χ0n) is 33.6. The molecule has 0 radical (unpaired) electrons. The number of halogens is 6. The van der Waals surface area contributed by atoms with Crippen molar-refractivity contribution in [3.8, 4) is 17.2 Å². The fraction of sp³-hybridized carbons (Fsp3) is 0.462. The molecule has 0 saturated carbocycles. The molecule has 59 heavy (non-hydrogen) atoms. The third-order valence-electron chi connectivity index (χ3n) is 6.42. The molecule has 3 aromatic carbocycles. The maximum absolute atomic E-state index is 12.1. The van der Waals surface area contributed by atoms with Crippen molar-refractivity contribution in [2.24, 2.45) is 0 Å². The molecule has 0 aliphatic carbocycles. The van der Waals surface area contributed by atoms with Crippen LogP contribution in [-0.2, 0) is 49.6 Å². The molecule has 0 aromatic heterocycles. The normalized spacial score (nSPS) is 13.0. The summed E-state index contributed by atoms with van der Waals surface area (Å²) >= 11 is 0. The summed E-state index contributed by atoms with van der Waals surface area (Å²) in [5.74, 6) is 0.276. The van der Waals surface area contributed by atoms with Gasteiger partial charge < -0.3 is 33.0 Å². The van der Waals surface area contributed by atoms with E-state index in [0.29, 0.717) is 17.2 Å². The number of rotatable bonds is 14. The fourth-order valence-corrected chi connectivity index (χ4v) is 6.71. The minimum absolute atomic E-state index is 0.197. The number of benzene rings is 3. The average Bonchev–Trinajstić information content (AvgIpc) is 3.07. The lowest BCUT2D eigenvalue weighted by atomic mass is 10.2. The van der Waals surface area contributed by atoms with Crippen molar-refractivity contribution in [3.05, 3.63) is 72.8 Å². The highest BCUT2D eigenvalue weighted by atomic mass is 32.2. The zero-order chi connectivity index (χ0) is 45.2. The van der Waals surface area contributed by atoms with Gasteiger partial charge in [0.25, 0.3) is 6.17 Å². The summed E-state index contributed by atoms with van der Waals surface area (Å²) in [5, 5.41) is -5.99. The average molecular weight is 885 g/mol. The third kappa shape index (κ3) is 18.0. The first kappa shape index (κ1) is 50.5. The predicted octanol–water partition coefficient (Wildman–Crippen LogP) is 7.97. The van der Waals surface area contributed by atoms with Gasteiger partial charge in [-0.1, -0.05) is 0 Å². The van der Waals surface area contributed by atoms with Gasteiger partial charge in [0.05, 0.1) is 10.9 Å². The van der Waals surface area contributed by atoms with Crippen LogP contribution in [0.4, 0.5) is 26.3 Å². The van der Waals surface area contributed by atoms with Gasteiger partial charge in [0, 0.05) is 0 Å². The molecule has 0 bridgehead atoms. The second-order valence-corrected chi connectivity index (χ2v) is 18.7. The Morgan fingerprint density at radius 1 is 0.542 bits per heavy atom. The van der Waals surface area contributed by atoms with E-state index in [9.17, 15) is 53.7 Å². The Hall–Kier alpha value is -4.69. The van der Waals surface area contributed by atoms with E-state index in [-0.39, 0.29) is 19.8 Å². The molecule has 0 amide bonds. The largest absolute Gasteiger partial charge is 0.743 e. The molecular formula is C39H46F6O12S2. The first-order valence-corrected chi connectivity index (χ1v) is 20.0. The molecule has 0 spiro atoms. The summed E-state index contributed by atoms with van der Waals surface area (Å²) < 4.78 is 130. The van der Waals surface area contributed by atoms with Gasteiger partial charge in [-0.3, -0.25) is 0 Å². The second kappa shape index (κ2) is 20.0. The minimum atomic E-state index is -6.66. The summed E-state index contributed by atoms with van der Waals surface area (Å²) in [4.78, 5) is 39.3. The van der Waals surface area contributed by atoms with Crippen molar-refractivity contribution in [3.63, 3.8) is 0 Å². The van der Waals surface area contributed by atoms with E-state index in [1.807, 2.05) is 72.8 Å². The van der Waals surface area contributed by atoms with E-state index in [0.717, 1.165) is 14.7 Å². The Labute approximate surface area is 341 Å². The molecule has 0 aliphatic rings. The Balaban J connectivity index is 0.000000791. The maximum atomic E-state index is 12.1. The van der Waals surface area contributed by atoms with Crippen molar-refractivity contribution in [2.45, 2.75) is 111 Å². The van der Waals surface area contributed by atoms with Crippen molar-refractivity contribution in [2.75, 3.05) is 19.8 Å². The van der Waals surface area contributed by atoms with E-state index in [1.165, 1.54) is 0 Å². The van der Waals surface area contributed by atoms with Crippen molar-refractivity contribution >= 4 is 38.9 Å². The molecule has 1 atom stereocenters. The van der Waals surface area contributed by atoms with Gasteiger partial charge in [-0.25, -0.2) is 27.2 Å². The highest BCUT2D eigenvalue weighted by Crippen LogP contribution is 2.38. The first-order chi connectivity index (χ1) is 26.8. The van der Waals surface area contributed by atoms with Gasteiger partial charge in [0.15, 0.2) is 44.6 Å². The summed E-state index contributed by atoms with van der Waals surface area (Å²) in [5.41, 5.74) is -1.78. The zero-order valence-corrected chi connectivity index (χ0v) is 35.2. The van der Waals surface area contributed by atoms with Crippen molar-refractivity contribution in [1.82, 2.24) is 0 Å². The Kier molecular flexibility index (Phi) is 17.1. The van der Waals surface area contributed by atoms with E-state index < -0.39 is 73.3 Å². The summed E-state index contributed by atoms with van der Waals surface area (Å²) in [6.07, 6.45) is -11.1. The minimum Gasteiger partial charge on any atom is -0.743 e. The van der Waals surface area contributed by atoms with Gasteiger partial charge in [-0.2, -0.15) is 22.0 Å². The number of hydrogen-bond donors (Lipinski definition) is 0. The number of carbonyl (C=O) groups is 3. The predicted molar refractivity (Wildman–Crippen MR) is 201 cm³/mol. The van der Waals surface area contributed by atoms with E-state index in [1.54, 1.807) is 62.3 Å². The Morgan fingerprint density at radius 2 is 0.780 bits per heavy atom. The van der Waals surface area contributed by atoms with Crippen LogP contribution in [0, 0.1) is 0 Å². The molecule has 0 N–H and O–H groups in total. The van der Waals surface area contributed by atoms with Gasteiger partial charge >= 0.3 is 29.3 Å². The third-order valence-corrected chi connectivity index (χ3v) is 9.53. The number of hydrogen-bond acceptors (Lipinski definition) is 12. The standard InChI is InChI=1S/C36H45O9S.C3H2F6O3S/c1-34(2,3)43-31(37)22-40-25-10-16-28(17-11-25)46(29-18-12-26(13-19-29)41-23-32(38)44-35(4,5)6)30-20-14-27(15-21-30)42-24-33(39)45-36(7,8)9;4-1(2(5,6)7)3(8,9)13(10,11)12/h10-21H,22-24H2,1-9H3;1H,(H,10,11,12)/q+1;/p-1. The lowest BCUT2D eigenvalue weighted by Gasteiger charge is -2.24. The lowest BCUT2D eigenvalue weighted by molar-refractivity contribution is -0.223. The van der Waals surface area contributed by atoms with E-state index >= 15 is 0 Å². The Morgan fingerprint density at radius 3 is 0.949 bits per heavy atom. The van der Waals surface area contributed by atoms with Crippen LogP contribution < -0.4 is 14.2 Å². The SMILES string of the molecule is CC(C)(C)OC(=O)COc1ccc([S+](c2ccc(OCC(=O)OC(C)(C)C)cc2)c2ccc(OCC(=O)OC(C)(C)C)cc2)cc1.O=S(=O)([O-])C(F)(F)C(F)C(F)(F)F. The molecule has 12 nitrogen and oxygen atoms in total. The van der Waals surface area contributed by atoms with Crippen LogP contribution in [0.1, 0.15) is 62.3 Å². The van der Waals surface area contributed by atoms with Crippen LogP contribution in [0.5, 0.6) is 17.2 Å². The highest BCUT2D eigenvalue weighted by molar-refractivity contribution is 7.97. The molecular weight excluding hydrogens is 839 g/mol. The molecule has 0 heterocycles. The molecule has 3 aromatic rings. The van der Waals surface area contributed by atoms with Gasteiger partial charge in [0.2, 0.25) is 0 Å². The quantitative estimate of drug-likeness (QED) is 0.0505. The molecule has 0 aliphatic heterocycles. The molecule has 0 saturated heterocycles. The van der Waals surface area contributed by atoms with Gasteiger partial charge in [0.1, 0.15) is 34.1 Å². The summed E-state index contributed by atoms with van der Waals surface area (Å²) in [7, 11) is -7.22. The van der Waals surface area contributed by atoms with Gasteiger partial charge in [-0.15, -0.1) is 0 Å². The van der Waals surface area contributed by atoms with Crippen LogP contribution in [0.3, 0.4) is 0 Å². The Bertz CT molecular complexity index is 1770. The molecule has 20 heteroatoms. The molecule has 328 valence electrons. The summed E-state index contributed by atoms with van der Waals surface area (Å²) in [6, 6.07) is 22.6. The van der Waals surface area contributed by atoms with Crippen molar-refractivity contribution < 1.29 is 82.1 Å². The van der Waals surface area contributed by atoms with E-state index in [4.69, 9.17) is 28.4 Å². The molecule has 1 unspecified atom stereocenters. The highest BCUT2D eigenvalue weighted by Gasteiger charge is 2.61. The first-order valence-electron chi connectivity index (χ1n) is 17.4. The summed E-state index contributed by atoms with van der Waals surface area (Å²) in [6.45, 7) is 15.7. The number of ether oxygens (including phenoxy) is 6. The smallest absolute Gasteiger partial charge is 0.426 e. The topological polar surface area (TPSA) is 164 Å². The van der Waals surface area contributed by atoms with Crippen LogP contribution in [0.2, 0.25) is 0 Å². The number of esters is 3. The number of carbonyl (C=O) groups excluding carboxylic acids is 3. The lowest BCUT2D eigenvalue weighted by Crippen LogP contribution is -2.46.